The predicted molar refractivity (Wildman–Crippen MR) is 90.3 cm³/mol. The van der Waals surface area contributed by atoms with E-state index in [1.54, 1.807) is 24.3 Å². The molecule has 2 aromatic rings. The first-order valence-corrected chi connectivity index (χ1v) is 9.38. The van der Waals surface area contributed by atoms with E-state index in [1.165, 1.54) is 26.1 Å². The Kier molecular flexibility index (Phi) is 1.63. The quantitative estimate of drug-likeness (QED) is 0.723. The maximum atomic E-state index is 13.3. The Bertz CT molecular complexity index is 1240. The van der Waals surface area contributed by atoms with Crippen LogP contribution in [0.4, 0.5) is 0 Å². The van der Waals surface area contributed by atoms with Crippen LogP contribution in [0.1, 0.15) is 12.1 Å². The number of aromatic nitrogens is 3. The van der Waals surface area contributed by atoms with Crippen molar-refractivity contribution in [2.24, 2.45) is 34.5 Å². The summed E-state index contributed by atoms with van der Waals surface area (Å²) in [6.45, 7) is 0. The zero-order valence-electron chi connectivity index (χ0n) is 14.0. The van der Waals surface area contributed by atoms with E-state index in [-0.39, 0.29) is 41.4 Å². The van der Waals surface area contributed by atoms with Gasteiger partial charge in [0.25, 0.3) is 0 Å². The van der Waals surface area contributed by atoms with Gasteiger partial charge in [0.15, 0.2) is 11.6 Å². The molecular weight excluding hydrogens is 346 g/mol. The van der Waals surface area contributed by atoms with E-state index in [9.17, 15) is 19.2 Å². The molecule has 7 aliphatic rings. The second kappa shape index (κ2) is 3.32. The summed E-state index contributed by atoms with van der Waals surface area (Å²) in [5.41, 5.74) is -1.81. The molecule has 7 nitrogen and oxygen atoms in total. The zero-order chi connectivity index (χ0) is 18.0. The Morgan fingerprint density at radius 3 is 1.74 bits per heavy atom. The van der Waals surface area contributed by atoms with Crippen LogP contribution in [0, 0.1) is 34.5 Å². The summed E-state index contributed by atoms with van der Waals surface area (Å²) in [6, 6.07) is 8.14. The molecule has 132 valence electrons. The number of carbonyl (C=O) groups excluding carboxylic acids is 2. The molecule has 0 radical (unpaired) electrons. The summed E-state index contributed by atoms with van der Waals surface area (Å²) in [5.74, 6) is 0.796. The van der Waals surface area contributed by atoms with E-state index < -0.39 is 22.2 Å². The summed E-state index contributed by atoms with van der Waals surface area (Å²) in [4.78, 5) is 52.6. The first kappa shape index (κ1) is 13.2. The maximum absolute atomic E-state index is 13.3. The molecule has 8 atom stereocenters. The van der Waals surface area contributed by atoms with Gasteiger partial charge in [-0.1, -0.05) is 18.2 Å². The third-order valence-corrected chi connectivity index (χ3v) is 8.57. The predicted octanol–water partition coefficient (Wildman–Crippen LogP) is 0.0965. The Labute approximate surface area is 151 Å². The number of hydrogen-bond donors (Lipinski definition) is 0. The monoisotopic (exact) mass is 359 g/mol. The topological polar surface area (TPSA) is 83.1 Å². The molecule has 0 saturated heterocycles. The summed E-state index contributed by atoms with van der Waals surface area (Å²) in [6.07, 6.45) is 2.81. The molecule has 3 heterocycles. The minimum atomic E-state index is -0.771. The van der Waals surface area contributed by atoms with Gasteiger partial charge in [-0.2, -0.15) is 0 Å². The Hall–Kier alpha value is -2.96. The molecule has 0 N–H and O–H groups in total. The maximum Gasteiger partial charge on any atom is 0.352 e. The van der Waals surface area contributed by atoms with Gasteiger partial charge in [0.2, 0.25) is 0 Å². The highest BCUT2D eigenvalue weighted by molar-refractivity contribution is 6.18. The van der Waals surface area contributed by atoms with Gasteiger partial charge in [-0.25, -0.2) is 23.5 Å². The largest absolute Gasteiger partial charge is 0.352 e. The highest BCUT2D eigenvalue weighted by Gasteiger charge is 3.07. The fourth-order valence-electron chi connectivity index (χ4n) is 8.21. The third-order valence-electron chi connectivity index (χ3n) is 8.57. The van der Waals surface area contributed by atoms with Crippen molar-refractivity contribution >= 4 is 11.6 Å². The Morgan fingerprint density at radius 1 is 0.704 bits per heavy atom. The molecular formula is C20H13N3O4. The van der Waals surface area contributed by atoms with Crippen LogP contribution in [0.15, 0.2) is 52.1 Å². The van der Waals surface area contributed by atoms with Gasteiger partial charge in [0, 0.05) is 0 Å². The van der Waals surface area contributed by atoms with Crippen molar-refractivity contribution in [3.05, 3.63) is 63.5 Å². The van der Waals surface area contributed by atoms with Gasteiger partial charge >= 0.3 is 11.4 Å². The lowest BCUT2D eigenvalue weighted by Gasteiger charge is -2.47. The Balaban J connectivity index is 1.50. The van der Waals surface area contributed by atoms with Gasteiger partial charge < -0.3 is 0 Å². The minimum Gasteiger partial charge on any atom is -0.294 e. The minimum absolute atomic E-state index is 0.0152. The molecule has 27 heavy (non-hydrogen) atoms. The van der Waals surface area contributed by atoms with Crippen LogP contribution in [-0.4, -0.2) is 25.5 Å². The van der Waals surface area contributed by atoms with Crippen LogP contribution in [0.2, 0.25) is 0 Å². The Morgan fingerprint density at radius 2 is 1.22 bits per heavy atom. The molecule has 9 rings (SSSR count). The standard InChI is InChI=1S/C20H13N3O4/c24-9-6-7-10(25)20-14-11-12-13(11)16(20)23-18(27)21(8-4-2-1-3-5-8)17(26)22(23)15(12)19(9,14)20/h1-7,11-16H/t11?,12-,13-,14?,15-,16+,19-,20+/m0/s1. The number of rotatable bonds is 1. The molecule has 4 saturated carbocycles. The van der Waals surface area contributed by atoms with Gasteiger partial charge in [0.1, 0.15) is 0 Å². The fraction of sp³-hybridized carbons (Fsp3) is 0.400. The molecule has 7 heteroatoms. The lowest BCUT2D eigenvalue weighted by molar-refractivity contribution is -0.140. The lowest BCUT2D eigenvalue weighted by atomic mass is 9.65. The number of para-hydroxylation sites is 1. The number of carbonyl (C=O) groups is 2. The van der Waals surface area contributed by atoms with E-state index in [2.05, 4.69) is 0 Å². The third kappa shape index (κ3) is 0.890. The van der Waals surface area contributed by atoms with Crippen molar-refractivity contribution in [3.8, 4) is 5.69 Å². The van der Waals surface area contributed by atoms with Crippen molar-refractivity contribution in [2.45, 2.75) is 12.1 Å². The van der Waals surface area contributed by atoms with E-state index in [4.69, 9.17) is 0 Å². The van der Waals surface area contributed by atoms with E-state index >= 15 is 0 Å². The average Bonchev–Trinajstić information content (AvgIpc) is 3.45. The number of allylic oxidation sites excluding steroid dienone is 2. The van der Waals surface area contributed by atoms with E-state index in [0.717, 1.165) is 0 Å². The molecule has 2 bridgehead atoms. The first-order chi connectivity index (χ1) is 13.1. The van der Waals surface area contributed by atoms with Crippen LogP contribution in [-0.2, 0) is 9.59 Å². The van der Waals surface area contributed by atoms with Crippen LogP contribution in [0.25, 0.3) is 5.69 Å². The molecule has 5 aliphatic carbocycles. The molecule has 4 fully saturated rings. The smallest absolute Gasteiger partial charge is 0.294 e. The molecule has 2 aliphatic heterocycles. The fourth-order valence-corrected chi connectivity index (χ4v) is 8.21. The van der Waals surface area contributed by atoms with Gasteiger partial charge in [0.05, 0.1) is 28.6 Å². The SMILES string of the molecule is O=C1C=CC(=O)[C@@]23C4C5[C@H]6[C@H]5[C@H]2n2c(=O)n(-c5ccccc5)c(=O)n2[C@@H]6[C@]143. The zero-order valence-corrected chi connectivity index (χ0v) is 14.0. The molecule has 2 spiro atoms. The summed E-state index contributed by atoms with van der Waals surface area (Å²) >= 11 is 0. The molecule has 0 amide bonds. The van der Waals surface area contributed by atoms with Crippen molar-refractivity contribution in [1.82, 2.24) is 13.9 Å². The molecule has 1 aromatic heterocycles. The lowest BCUT2D eigenvalue weighted by Crippen LogP contribution is -2.57. The number of ketones is 2. The summed E-state index contributed by atoms with van der Waals surface area (Å²) in [5, 5.41) is 0. The van der Waals surface area contributed by atoms with Gasteiger partial charge in [-0.05, 0) is 48.0 Å². The van der Waals surface area contributed by atoms with Gasteiger partial charge in [-0.3, -0.25) is 9.59 Å². The summed E-state index contributed by atoms with van der Waals surface area (Å²) in [7, 11) is 0. The summed E-state index contributed by atoms with van der Waals surface area (Å²) < 4.78 is 4.26. The second-order valence-corrected chi connectivity index (χ2v) is 8.82. The highest BCUT2D eigenvalue weighted by atomic mass is 16.2. The van der Waals surface area contributed by atoms with E-state index in [0.29, 0.717) is 11.6 Å². The normalized spacial score (nSPS) is 47.9. The average molecular weight is 359 g/mol. The number of hydrogen-bond acceptors (Lipinski definition) is 4. The van der Waals surface area contributed by atoms with Crippen LogP contribution < -0.4 is 11.4 Å². The van der Waals surface area contributed by atoms with Crippen molar-refractivity contribution in [2.75, 3.05) is 0 Å². The van der Waals surface area contributed by atoms with Crippen molar-refractivity contribution in [1.29, 1.82) is 0 Å². The van der Waals surface area contributed by atoms with Crippen LogP contribution in [0.5, 0.6) is 0 Å². The second-order valence-electron chi connectivity index (χ2n) is 8.82. The van der Waals surface area contributed by atoms with Crippen LogP contribution >= 0.6 is 0 Å². The van der Waals surface area contributed by atoms with Crippen molar-refractivity contribution in [3.63, 3.8) is 0 Å². The van der Waals surface area contributed by atoms with E-state index in [1.807, 2.05) is 6.07 Å². The van der Waals surface area contributed by atoms with Crippen molar-refractivity contribution < 1.29 is 9.59 Å². The molecule has 2 unspecified atom stereocenters. The number of benzene rings is 1. The first-order valence-electron chi connectivity index (χ1n) is 9.38. The number of nitrogens with zero attached hydrogens (tertiary/aromatic N) is 3. The highest BCUT2D eigenvalue weighted by Crippen LogP contribution is 3.03. The van der Waals surface area contributed by atoms with Gasteiger partial charge in [-0.15, -0.1) is 0 Å². The molecule has 1 aromatic carbocycles. The van der Waals surface area contributed by atoms with Crippen LogP contribution in [0.3, 0.4) is 0 Å².